The van der Waals surface area contributed by atoms with E-state index in [1.54, 1.807) is 25.4 Å². The van der Waals surface area contributed by atoms with Crippen LogP contribution in [0.15, 0.2) is 30.5 Å². The second-order valence-corrected chi connectivity index (χ2v) is 4.75. The van der Waals surface area contributed by atoms with E-state index in [1.807, 2.05) is 10.7 Å². The molecule has 0 spiro atoms. The van der Waals surface area contributed by atoms with Crippen molar-refractivity contribution in [1.29, 1.82) is 0 Å². The quantitative estimate of drug-likeness (QED) is 0.910. The molecule has 0 bridgehead atoms. The van der Waals surface area contributed by atoms with Gasteiger partial charge in [0.25, 0.3) is 0 Å². The lowest BCUT2D eigenvalue weighted by molar-refractivity contribution is 0.516. The molecule has 1 unspecified atom stereocenters. The van der Waals surface area contributed by atoms with Gasteiger partial charge in [0.2, 0.25) is 0 Å². The lowest BCUT2D eigenvalue weighted by Crippen LogP contribution is -2.23. The average Bonchev–Trinajstić information content (AvgIpc) is 2.75. The molecule has 0 saturated carbocycles. The molecule has 0 aliphatic rings. The maximum atomic E-state index is 14.0. The molecule has 5 heteroatoms. The fourth-order valence-electron chi connectivity index (χ4n) is 2.20. The normalized spacial score (nSPS) is 12.6. The molecule has 1 heterocycles. The Hall–Kier alpha value is -1.39. The van der Waals surface area contributed by atoms with Crippen LogP contribution in [-0.4, -0.2) is 16.8 Å². The van der Waals surface area contributed by atoms with Crippen molar-refractivity contribution in [1.82, 2.24) is 15.1 Å². The minimum atomic E-state index is -0.303. The van der Waals surface area contributed by atoms with Gasteiger partial charge in [0, 0.05) is 12.1 Å². The third-order valence-corrected chi connectivity index (χ3v) is 3.34. The monoisotopic (exact) mass is 281 g/mol. The molecule has 0 saturated heterocycles. The number of benzene rings is 1. The molecule has 19 heavy (non-hydrogen) atoms. The highest BCUT2D eigenvalue weighted by atomic mass is 35.5. The number of nitrogens with one attached hydrogen (secondary N) is 1. The van der Waals surface area contributed by atoms with E-state index in [0.717, 1.165) is 18.7 Å². The number of aryl methyl sites for hydroxylation is 1. The second-order valence-electron chi connectivity index (χ2n) is 4.34. The van der Waals surface area contributed by atoms with E-state index in [4.69, 9.17) is 11.6 Å². The van der Waals surface area contributed by atoms with Gasteiger partial charge in [-0.05, 0) is 19.5 Å². The van der Waals surface area contributed by atoms with Crippen molar-refractivity contribution in [2.75, 3.05) is 7.05 Å². The molecule has 0 radical (unpaired) electrons. The zero-order valence-electron chi connectivity index (χ0n) is 11.0. The zero-order chi connectivity index (χ0) is 13.8. The smallest absolute Gasteiger partial charge is 0.128 e. The fraction of sp³-hybridized carbons (Fsp3) is 0.357. The summed E-state index contributed by atoms with van der Waals surface area (Å²) in [7, 11) is 1.79. The van der Waals surface area contributed by atoms with Crippen LogP contribution in [0.25, 0.3) is 0 Å². The van der Waals surface area contributed by atoms with Crippen LogP contribution in [-0.2, 0) is 6.54 Å². The summed E-state index contributed by atoms with van der Waals surface area (Å²) >= 11 is 6.21. The number of rotatable bonds is 5. The molecular formula is C14H17ClFN3. The van der Waals surface area contributed by atoms with Crippen molar-refractivity contribution in [3.63, 3.8) is 0 Å². The van der Waals surface area contributed by atoms with Gasteiger partial charge in [-0.3, -0.25) is 4.68 Å². The second kappa shape index (κ2) is 6.17. The van der Waals surface area contributed by atoms with Crippen LogP contribution < -0.4 is 5.32 Å². The first-order valence-electron chi connectivity index (χ1n) is 6.32. The summed E-state index contributed by atoms with van der Waals surface area (Å²) in [5, 5.41) is 7.92. The van der Waals surface area contributed by atoms with Crippen LogP contribution in [0.3, 0.4) is 0 Å². The highest BCUT2D eigenvalue weighted by molar-refractivity contribution is 6.31. The first-order valence-corrected chi connectivity index (χ1v) is 6.69. The molecule has 1 N–H and O–H groups in total. The molecular weight excluding hydrogens is 265 g/mol. The van der Waals surface area contributed by atoms with Gasteiger partial charge in [0.1, 0.15) is 5.82 Å². The van der Waals surface area contributed by atoms with Crippen LogP contribution in [0, 0.1) is 5.82 Å². The summed E-state index contributed by atoms with van der Waals surface area (Å²) in [4.78, 5) is 0. The standard InChI is InChI=1S/C14H17ClFN3/c1-3-8-19-14(11(15)9-18-19)13(17-2)10-6-4-5-7-12(10)16/h4-7,9,13,17H,3,8H2,1-2H3. The Labute approximate surface area is 117 Å². The minimum absolute atomic E-state index is 0.248. The van der Waals surface area contributed by atoms with Crippen LogP contribution in [0.5, 0.6) is 0 Å². The molecule has 1 atom stereocenters. The highest BCUT2D eigenvalue weighted by Crippen LogP contribution is 2.29. The largest absolute Gasteiger partial charge is 0.308 e. The van der Waals surface area contributed by atoms with E-state index >= 15 is 0 Å². The van der Waals surface area contributed by atoms with Crippen LogP contribution in [0.4, 0.5) is 4.39 Å². The Bertz CT molecular complexity index is 553. The number of hydrogen-bond donors (Lipinski definition) is 1. The number of hydrogen-bond acceptors (Lipinski definition) is 2. The van der Waals surface area contributed by atoms with Crippen molar-refractivity contribution >= 4 is 11.6 Å². The van der Waals surface area contributed by atoms with Crippen LogP contribution >= 0.6 is 11.6 Å². The van der Waals surface area contributed by atoms with Crippen molar-refractivity contribution in [3.05, 3.63) is 52.6 Å². The Morgan fingerprint density at radius 2 is 2.16 bits per heavy atom. The predicted octanol–water partition coefficient (Wildman–Crippen LogP) is 3.39. The Morgan fingerprint density at radius 1 is 1.42 bits per heavy atom. The predicted molar refractivity (Wildman–Crippen MR) is 74.8 cm³/mol. The van der Waals surface area contributed by atoms with Crippen molar-refractivity contribution < 1.29 is 4.39 Å². The molecule has 0 aliphatic carbocycles. The van der Waals surface area contributed by atoms with E-state index in [2.05, 4.69) is 17.3 Å². The van der Waals surface area contributed by atoms with Gasteiger partial charge >= 0.3 is 0 Å². The Balaban J connectivity index is 2.48. The molecule has 0 fully saturated rings. The third kappa shape index (κ3) is 2.80. The van der Waals surface area contributed by atoms with Gasteiger partial charge < -0.3 is 5.32 Å². The SMILES string of the molecule is CCCn1ncc(Cl)c1C(NC)c1ccccc1F. The number of halogens is 2. The van der Waals surface area contributed by atoms with Crippen LogP contribution in [0.2, 0.25) is 5.02 Å². The van der Waals surface area contributed by atoms with Gasteiger partial charge in [-0.25, -0.2) is 4.39 Å². The van der Waals surface area contributed by atoms with E-state index in [9.17, 15) is 4.39 Å². The maximum Gasteiger partial charge on any atom is 0.128 e. The summed E-state index contributed by atoms with van der Waals surface area (Å²) in [5.41, 5.74) is 1.38. The Kier molecular flexibility index (Phi) is 4.56. The summed E-state index contributed by atoms with van der Waals surface area (Å²) in [6, 6.07) is 6.40. The highest BCUT2D eigenvalue weighted by Gasteiger charge is 2.22. The molecule has 0 amide bonds. The van der Waals surface area contributed by atoms with Gasteiger partial charge in [0.05, 0.1) is 23.0 Å². The summed E-state index contributed by atoms with van der Waals surface area (Å²) in [6.45, 7) is 2.82. The molecule has 2 aromatic rings. The lowest BCUT2D eigenvalue weighted by Gasteiger charge is -2.19. The van der Waals surface area contributed by atoms with Gasteiger partial charge in [-0.1, -0.05) is 36.7 Å². The first kappa shape index (κ1) is 14.0. The van der Waals surface area contributed by atoms with Crippen molar-refractivity contribution in [3.8, 4) is 0 Å². The molecule has 2 rings (SSSR count). The first-order chi connectivity index (χ1) is 9.19. The average molecular weight is 282 g/mol. The molecule has 1 aromatic carbocycles. The summed E-state index contributed by atoms with van der Waals surface area (Å²) < 4.78 is 15.8. The van der Waals surface area contributed by atoms with Crippen molar-refractivity contribution in [2.45, 2.75) is 25.9 Å². The maximum absolute atomic E-state index is 14.0. The van der Waals surface area contributed by atoms with Gasteiger partial charge in [-0.2, -0.15) is 5.10 Å². The van der Waals surface area contributed by atoms with E-state index < -0.39 is 0 Å². The zero-order valence-corrected chi connectivity index (χ0v) is 11.8. The summed E-state index contributed by atoms with van der Waals surface area (Å²) in [6.07, 6.45) is 2.55. The summed E-state index contributed by atoms with van der Waals surface area (Å²) in [5.74, 6) is -0.248. The number of aromatic nitrogens is 2. The molecule has 3 nitrogen and oxygen atoms in total. The number of nitrogens with zero attached hydrogens (tertiary/aromatic N) is 2. The fourth-order valence-corrected chi connectivity index (χ4v) is 2.45. The topological polar surface area (TPSA) is 29.9 Å². The van der Waals surface area contributed by atoms with Gasteiger partial charge in [-0.15, -0.1) is 0 Å². The molecule has 1 aromatic heterocycles. The van der Waals surface area contributed by atoms with Crippen molar-refractivity contribution in [2.24, 2.45) is 0 Å². The lowest BCUT2D eigenvalue weighted by atomic mass is 10.0. The molecule has 102 valence electrons. The minimum Gasteiger partial charge on any atom is -0.308 e. The van der Waals surface area contributed by atoms with Gasteiger partial charge in [0.15, 0.2) is 0 Å². The third-order valence-electron chi connectivity index (χ3n) is 3.05. The van der Waals surface area contributed by atoms with E-state index in [1.165, 1.54) is 6.07 Å². The van der Waals surface area contributed by atoms with E-state index in [0.29, 0.717) is 10.6 Å². The van der Waals surface area contributed by atoms with Crippen LogP contribution in [0.1, 0.15) is 30.6 Å². The molecule has 0 aliphatic heterocycles. The van der Waals surface area contributed by atoms with E-state index in [-0.39, 0.29) is 11.9 Å². The Morgan fingerprint density at radius 3 is 2.79 bits per heavy atom.